The topological polar surface area (TPSA) is 55.4 Å². The van der Waals surface area contributed by atoms with Crippen molar-refractivity contribution in [1.82, 2.24) is 4.72 Å². The number of hydrogen-bond donors (Lipinski definition) is 1. The maximum absolute atomic E-state index is 12.8. The molecule has 0 spiro atoms. The Hall–Kier alpha value is -1.63. The predicted molar refractivity (Wildman–Crippen MR) is 83.0 cm³/mol. The lowest BCUT2D eigenvalue weighted by atomic mass is 10.2. The van der Waals surface area contributed by atoms with Crippen LogP contribution in [-0.4, -0.2) is 15.0 Å². The molecule has 0 aromatic heterocycles. The zero-order valence-electron chi connectivity index (χ0n) is 11.8. The van der Waals surface area contributed by atoms with Crippen LogP contribution < -0.4 is 9.46 Å². The summed E-state index contributed by atoms with van der Waals surface area (Å²) in [7, 11) is -3.80. The largest absolute Gasteiger partial charge is 0.492 e. The molecule has 0 aliphatic rings. The van der Waals surface area contributed by atoms with Gasteiger partial charge in [0, 0.05) is 11.6 Å². The fraction of sp³-hybridized carbons (Fsp3) is 0.200. The van der Waals surface area contributed by atoms with Gasteiger partial charge < -0.3 is 4.74 Å². The zero-order valence-corrected chi connectivity index (χ0v) is 13.4. The van der Waals surface area contributed by atoms with Gasteiger partial charge in [-0.2, -0.15) is 0 Å². The summed E-state index contributed by atoms with van der Waals surface area (Å²) < 4.78 is 45.4. The third-order valence-electron chi connectivity index (χ3n) is 2.87. The molecule has 0 unspecified atom stereocenters. The summed E-state index contributed by atoms with van der Waals surface area (Å²) in [5, 5.41) is 0.297. The quantitative estimate of drug-likeness (QED) is 0.875. The number of ether oxygens (including phenoxy) is 1. The normalized spacial score (nSPS) is 11.4. The second-order valence-corrected chi connectivity index (χ2v) is 6.65. The van der Waals surface area contributed by atoms with E-state index in [9.17, 15) is 12.8 Å². The van der Waals surface area contributed by atoms with E-state index in [0.717, 1.165) is 0 Å². The summed E-state index contributed by atoms with van der Waals surface area (Å²) in [6.45, 7) is 2.14. The molecule has 0 atom stereocenters. The van der Waals surface area contributed by atoms with Crippen LogP contribution in [0.4, 0.5) is 4.39 Å². The average Bonchev–Trinajstić information content (AvgIpc) is 2.49. The number of rotatable bonds is 6. The highest BCUT2D eigenvalue weighted by Crippen LogP contribution is 2.27. The highest BCUT2D eigenvalue weighted by atomic mass is 35.5. The Morgan fingerprint density at radius 3 is 2.50 bits per heavy atom. The molecule has 0 aliphatic carbocycles. The second-order valence-electron chi connectivity index (χ2n) is 4.48. The van der Waals surface area contributed by atoms with Crippen molar-refractivity contribution in [2.24, 2.45) is 0 Å². The third-order valence-corrected chi connectivity index (χ3v) is 4.53. The van der Waals surface area contributed by atoms with Gasteiger partial charge in [-0.3, -0.25) is 0 Å². The van der Waals surface area contributed by atoms with E-state index in [-0.39, 0.29) is 23.0 Å². The van der Waals surface area contributed by atoms with Gasteiger partial charge in [0.25, 0.3) is 0 Å². The first-order chi connectivity index (χ1) is 10.4. The van der Waals surface area contributed by atoms with Crippen LogP contribution in [-0.2, 0) is 16.6 Å². The Morgan fingerprint density at radius 1 is 1.18 bits per heavy atom. The molecule has 4 nitrogen and oxygen atoms in total. The number of benzene rings is 2. The van der Waals surface area contributed by atoms with E-state index in [1.54, 1.807) is 13.0 Å². The minimum absolute atomic E-state index is 0.0241. The van der Waals surface area contributed by atoms with Crippen molar-refractivity contribution in [3.8, 4) is 5.75 Å². The molecular weight excluding hydrogens is 329 g/mol. The van der Waals surface area contributed by atoms with E-state index in [2.05, 4.69) is 4.72 Å². The van der Waals surface area contributed by atoms with E-state index in [1.807, 2.05) is 0 Å². The summed E-state index contributed by atoms with van der Waals surface area (Å²) in [5.74, 6) is -0.140. The van der Waals surface area contributed by atoms with Gasteiger partial charge in [0.2, 0.25) is 10.0 Å². The molecule has 22 heavy (non-hydrogen) atoms. The summed E-state index contributed by atoms with van der Waals surface area (Å²) in [6, 6.07) is 9.98. The molecule has 118 valence electrons. The van der Waals surface area contributed by atoms with Crippen molar-refractivity contribution in [2.75, 3.05) is 6.61 Å². The van der Waals surface area contributed by atoms with E-state index in [4.69, 9.17) is 16.3 Å². The van der Waals surface area contributed by atoms with Crippen molar-refractivity contribution < 1.29 is 17.5 Å². The lowest BCUT2D eigenvalue weighted by molar-refractivity contribution is 0.331. The summed E-state index contributed by atoms with van der Waals surface area (Å²) in [4.78, 5) is -0.0241. The first-order valence-electron chi connectivity index (χ1n) is 6.59. The molecule has 7 heteroatoms. The molecule has 2 rings (SSSR count). The lowest BCUT2D eigenvalue weighted by Crippen LogP contribution is -2.24. The SMILES string of the molecule is CCOc1ccc(Cl)cc1S(=O)(=O)NCc1ccc(F)cc1. The number of nitrogens with one attached hydrogen (secondary N) is 1. The Kier molecular flexibility index (Phi) is 5.39. The molecule has 0 saturated heterocycles. The minimum Gasteiger partial charge on any atom is -0.492 e. The fourth-order valence-corrected chi connectivity index (χ4v) is 3.25. The molecule has 2 aromatic rings. The molecule has 0 fully saturated rings. The first-order valence-corrected chi connectivity index (χ1v) is 8.45. The maximum atomic E-state index is 12.8. The lowest BCUT2D eigenvalue weighted by Gasteiger charge is -2.12. The molecule has 0 radical (unpaired) electrons. The van der Waals surface area contributed by atoms with E-state index in [0.29, 0.717) is 17.2 Å². The van der Waals surface area contributed by atoms with Crippen molar-refractivity contribution in [3.63, 3.8) is 0 Å². The van der Waals surface area contributed by atoms with Gasteiger partial charge in [-0.1, -0.05) is 23.7 Å². The van der Waals surface area contributed by atoms with E-state index < -0.39 is 10.0 Å². The predicted octanol–water partition coefficient (Wildman–Crippen LogP) is 3.36. The van der Waals surface area contributed by atoms with Crippen LogP contribution >= 0.6 is 11.6 Å². The van der Waals surface area contributed by atoms with Gasteiger partial charge in [0.05, 0.1) is 6.61 Å². The summed E-state index contributed by atoms with van der Waals surface area (Å²) in [6.07, 6.45) is 0. The van der Waals surface area contributed by atoms with Crippen LogP contribution in [0.2, 0.25) is 5.02 Å². The molecule has 0 bridgehead atoms. The average molecular weight is 344 g/mol. The fourth-order valence-electron chi connectivity index (χ4n) is 1.83. The smallest absolute Gasteiger partial charge is 0.244 e. The monoisotopic (exact) mass is 343 g/mol. The van der Waals surface area contributed by atoms with Crippen LogP contribution in [0.25, 0.3) is 0 Å². The molecule has 2 aromatic carbocycles. The second kappa shape index (κ2) is 7.09. The Morgan fingerprint density at radius 2 is 1.86 bits per heavy atom. The Bertz CT molecular complexity index is 748. The summed E-state index contributed by atoms with van der Waals surface area (Å²) >= 11 is 5.87. The van der Waals surface area contributed by atoms with E-state index in [1.165, 1.54) is 36.4 Å². The molecular formula is C15H15ClFNO3S. The van der Waals surface area contributed by atoms with E-state index >= 15 is 0 Å². The van der Waals surface area contributed by atoms with Gasteiger partial charge in [-0.15, -0.1) is 0 Å². The molecule has 0 heterocycles. The molecule has 1 N–H and O–H groups in total. The van der Waals surface area contributed by atoms with Gasteiger partial charge in [0.15, 0.2) is 0 Å². The van der Waals surface area contributed by atoms with Crippen molar-refractivity contribution in [1.29, 1.82) is 0 Å². The zero-order chi connectivity index (χ0) is 16.2. The van der Waals surface area contributed by atoms with Crippen molar-refractivity contribution >= 4 is 21.6 Å². The molecule has 0 saturated carbocycles. The minimum atomic E-state index is -3.80. The van der Waals surface area contributed by atoms with Gasteiger partial charge in [0.1, 0.15) is 16.5 Å². The van der Waals surface area contributed by atoms with Crippen LogP contribution in [0.3, 0.4) is 0 Å². The highest BCUT2D eigenvalue weighted by Gasteiger charge is 2.20. The summed E-state index contributed by atoms with van der Waals surface area (Å²) in [5.41, 5.74) is 0.643. The number of hydrogen-bond acceptors (Lipinski definition) is 3. The van der Waals surface area contributed by atoms with Crippen molar-refractivity contribution in [2.45, 2.75) is 18.4 Å². The molecule has 0 aliphatic heterocycles. The van der Waals surface area contributed by atoms with Crippen molar-refractivity contribution in [3.05, 3.63) is 58.9 Å². The van der Waals surface area contributed by atoms with Crippen LogP contribution in [0.5, 0.6) is 5.75 Å². The van der Waals surface area contributed by atoms with Gasteiger partial charge in [-0.25, -0.2) is 17.5 Å². The standard InChI is InChI=1S/C15H15ClFNO3S/c1-2-21-14-8-5-12(16)9-15(14)22(19,20)18-10-11-3-6-13(17)7-4-11/h3-9,18H,2,10H2,1H3. The van der Waals surface area contributed by atoms with Crippen LogP contribution in [0.15, 0.2) is 47.4 Å². The molecule has 0 amide bonds. The van der Waals surface area contributed by atoms with Gasteiger partial charge >= 0.3 is 0 Å². The Balaban J connectivity index is 2.22. The Labute approximate surface area is 133 Å². The van der Waals surface area contributed by atoms with Crippen LogP contribution in [0, 0.1) is 5.82 Å². The van der Waals surface area contributed by atoms with Crippen LogP contribution in [0.1, 0.15) is 12.5 Å². The van der Waals surface area contributed by atoms with Gasteiger partial charge in [-0.05, 0) is 42.8 Å². The first kappa shape index (κ1) is 16.7. The number of halogens is 2. The number of sulfonamides is 1. The maximum Gasteiger partial charge on any atom is 0.244 e. The highest BCUT2D eigenvalue weighted by molar-refractivity contribution is 7.89. The third kappa shape index (κ3) is 4.19.